The van der Waals surface area contributed by atoms with Crippen molar-refractivity contribution in [3.8, 4) is 0 Å². The summed E-state index contributed by atoms with van der Waals surface area (Å²) in [6.45, 7) is 4.00. The number of pyridine rings is 1. The number of nitrogens with one attached hydrogen (secondary N) is 4. The van der Waals surface area contributed by atoms with Gasteiger partial charge in [0.05, 0.1) is 11.4 Å². The Morgan fingerprint density at radius 2 is 1.74 bits per heavy atom. The van der Waals surface area contributed by atoms with E-state index in [4.69, 9.17) is 4.99 Å². The van der Waals surface area contributed by atoms with Crippen LogP contribution in [-0.4, -0.2) is 38.2 Å². The quantitative estimate of drug-likeness (QED) is 0.283. The van der Waals surface area contributed by atoms with E-state index in [2.05, 4.69) is 60.6 Å². The van der Waals surface area contributed by atoms with Crippen molar-refractivity contribution in [1.82, 2.24) is 36.3 Å². The second kappa shape index (κ2) is 10.4. The zero-order valence-electron chi connectivity index (χ0n) is 21.7. The summed E-state index contributed by atoms with van der Waals surface area (Å²) in [5.74, 6) is 0.390. The molecule has 196 valence electrons. The van der Waals surface area contributed by atoms with Crippen molar-refractivity contribution in [2.45, 2.75) is 38.0 Å². The first-order valence-electron chi connectivity index (χ1n) is 13.1. The molecule has 0 aliphatic carbocycles. The Labute approximate surface area is 225 Å². The van der Waals surface area contributed by atoms with Crippen LogP contribution in [0.2, 0.25) is 0 Å². The third-order valence-corrected chi connectivity index (χ3v) is 7.17. The topological polar surface area (TPSA) is 103 Å². The normalized spacial score (nSPS) is 21.9. The molecule has 0 saturated carbocycles. The van der Waals surface area contributed by atoms with E-state index in [9.17, 15) is 4.39 Å². The number of fused-ring (bicyclic) bond motifs is 3. The molecule has 5 heterocycles. The van der Waals surface area contributed by atoms with Crippen LogP contribution in [0.4, 0.5) is 4.39 Å². The highest BCUT2D eigenvalue weighted by atomic mass is 19.1. The van der Waals surface area contributed by atoms with Crippen LogP contribution in [0, 0.1) is 5.82 Å². The summed E-state index contributed by atoms with van der Waals surface area (Å²) in [6, 6.07) is 22.4. The van der Waals surface area contributed by atoms with E-state index < -0.39 is 5.54 Å². The fourth-order valence-corrected chi connectivity index (χ4v) is 5.50. The van der Waals surface area contributed by atoms with Crippen LogP contribution in [0.25, 0.3) is 10.9 Å². The Kier molecular flexibility index (Phi) is 6.60. The first kappa shape index (κ1) is 24.8. The minimum atomic E-state index is -0.838. The predicted octanol–water partition coefficient (Wildman–Crippen LogP) is 4.21. The minimum Gasteiger partial charge on any atom is -0.356 e. The van der Waals surface area contributed by atoms with Crippen LogP contribution in [0.1, 0.15) is 41.9 Å². The van der Waals surface area contributed by atoms with Crippen molar-refractivity contribution in [1.29, 1.82) is 0 Å². The van der Waals surface area contributed by atoms with Crippen molar-refractivity contribution in [2.75, 3.05) is 0 Å². The van der Waals surface area contributed by atoms with Crippen molar-refractivity contribution < 1.29 is 4.39 Å². The van der Waals surface area contributed by atoms with Gasteiger partial charge in [-0.3, -0.25) is 10.3 Å². The zero-order chi connectivity index (χ0) is 26.8. The van der Waals surface area contributed by atoms with Gasteiger partial charge in [-0.05, 0) is 60.5 Å². The first-order valence-corrected chi connectivity index (χ1v) is 13.1. The van der Waals surface area contributed by atoms with Crippen molar-refractivity contribution in [2.24, 2.45) is 4.99 Å². The molecule has 3 atom stereocenters. The number of aromatic amines is 1. The Balaban J connectivity index is 0.00000135. The van der Waals surface area contributed by atoms with Crippen LogP contribution in [-0.2, 0) is 12.0 Å². The highest BCUT2D eigenvalue weighted by Gasteiger charge is 2.48. The van der Waals surface area contributed by atoms with E-state index in [1.165, 1.54) is 17.7 Å². The molecule has 5 aromatic rings. The van der Waals surface area contributed by atoms with Crippen molar-refractivity contribution in [3.05, 3.63) is 125 Å². The monoisotopic (exact) mass is 520 g/mol. The lowest BCUT2D eigenvalue weighted by atomic mass is 9.76. The maximum atomic E-state index is 13.5. The molecule has 0 bridgehead atoms. The molecule has 0 spiro atoms. The van der Waals surface area contributed by atoms with Gasteiger partial charge in [0, 0.05) is 46.7 Å². The van der Waals surface area contributed by atoms with Crippen LogP contribution in [0.15, 0.2) is 96.4 Å². The number of hydrazine groups is 1. The van der Waals surface area contributed by atoms with Gasteiger partial charge >= 0.3 is 0 Å². The van der Waals surface area contributed by atoms with E-state index >= 15 is 0 Å². The Bertz CT molecular complexity index is 1560. The smallest absolute Gasteiger partial charge is 0.144 e. The summed E-state index contributed by atoms with van der Waals surface area (Å²) in [6.07, 6.45) is 5.74. The lowest BCUT2D eigenvalue weighted by Crippen LogP contribution is -2.60. The number of aliphatic imine (C=N–C) groups is 1. The summed E-state index contributed by atoms with van der Waals surface area (Å²) in [7, 11) is 0. The lowest BCUT2D eigenvalue weighted by Gasteiger charge is -2.43. The molecule has 8 nitrogen and oxygen atoms in total. The molecule has 0 radical (unpaired) electrons. The number of para-hydroxylation sites is 1. The SMILES string of the molecule is CC.Fc1ccc(C2=NC([C@H]3Cc4c([nH]c5ccccc45)C(c4cccnc4)(c4cccnn4)N3)NN2)cc1. The van der Waals surface area contributed by atoms with Crippen LogP contribution >= 0.6 is 0 Å². The number of hydrogen-bond acceptors (Lipinski definition) is 7. The standard InChI is InChI=1S/C28H23FN8.C2H6/c29-19-11-9-17(10-12-19)26-33-27(37-36-26)23-15-21-20-6-1-2-7-22(20)32-25(21)28(34-23,18-5-3-13-30-16-18)24-8-4-14-31-35-24;1-2/h1-14,16,23,27,32,34,37H,15H2,(H,33,36);1-2H3/t23-,27?,28?;/m1./s1. The summed E-state index contributed by atoms with van der Waals surface area (Å²) in [4.78, 5) is 13.1. The van der Waals surface area contributed by atoms with Gasteiger partial charge in [-0.2, -0.15) is 10.2 Å². The van der Waals surface area contributed by atoms with Crippen LogP contribution < -0.4 is 16.2 Å². The van der Waals surface area contributed by atoms with Gasteiger partial charge in [-0.25, -0.2) is 14.8 Å². The van der Waals surface area contributed by atoms with Gasteiger partial charge in [0.15, 0.2) is 0 Å². The molecular formula is C30H29FN8. The molecule has 4 N–H and O–H groups in total. The number of aromatic nitrogens is 4. The van der Waals surface area contributed by atoms with Crippen LogP contribution in [0.3, 0.4) is 0 Å². The molecular weight excluding hydrogens is 491 g/mol. The summed E-state index contributed by atoms with van der Waals surface area (Å²) in [5, 5.41) is 13.9. The highest BCUT2D eigenvalue weighted by molar-refractivity contribution is 5.99. The second-order valence-electron chi connectivity index (χ2n) is 9.28. The van der Waals surface area contributed by atoms with Gasteiger partial charge in [-0.1, -0.05) is 38.1 Å². The number of halogens is 1. The minimum absolute atomic E-state index is 0.126. The molecule has 39 heavy (non-hydrogen) atoms. The lowest BCUT2D eigenvalue weighted by molar-refractivity contribution is 0.290. The van der Waals surface area contributed by atoms with E-state index in [0.29, 0.717) is 5.84 Å². The van der Waals surface area contributed by atoms with Gasteiger partial charge in [0.2, 0.25) is 0 Å². The van der Waals surface area contributed by atoms with Crippen molar-refractivity contribution >= 4 is 16.7 Å². The average Bonchev–Trinajstić information content (AvgIpc) is 3.65. The number of nitrogens with zero attached hydrogens (tertiary/aromatic N) is 4. The number of hydrogen-bond donors (Lipinski definition) is 4. The van der Waals surface area contributed by atoms with E-state index in [1.54, 1.807) is 24.5 Å². The van der Waals surface area contributed by atoms with Gasteiger partial charge in [0.25, 0.3) is 0 Å². The summed E-state index contributed by atoms with van der Waals surface area (Å²) >= 11 is 0. The zero-order valence-corrected chi connectivity index (χ0v) is 21.7. The third-order valence-electron chi connectivity index (χ3n) is 7.17. The molecule has 3 aromatic heterocycles. The predicted molar refractivity (Wildman–Crippen MR) is 149 cm³/mol. The third kappa shape index (κ3) is 4.25. The van der Waals surface area contributed by atoms with E-state index in [1.807, 2.05) is 44.3 Å². The van der Waals surface area contributed by atoms with E-state index in [-0.39, 0.29) is 18.0 Å². The van der Waals surface area contributed by atoms with Gasteiger partial charge in [0.1, 0.15) is 23.4 Å². The molecule has 2 unspecified atom stereocenters. The first-order chi connectivity index (χ1) is 19.2. The molecule has 0 saturated heterocycles. The average molecular weight is 521 g/mol. The molecule has 2 aliphatic rings. The van der Waals surface area contributed by atoms with Gasteiger partial charge in [-0.15, -0.1) is 0 Å². The molecule has 9 heteroatoms. The molecule has 7 rings (SSSR count). The molecule has 0 fully saturated rings. The number of H-pyrrole nitrogens is 1. The fraction of sp³-hybridized carbons (Fsp3) is 0.200. The number of amidine groups is 1. The number of benzene rings is 2. The Morgan fingerprint density at radius 1 is 0.923 bits per heavy atom. The highest BCUT2D eigenvalue weighted by Crippen LogP contribution is 2.43. The molecule has 2 aliphatic heterocycles. The largest absolute Gasteiger partial charge is 0.356 e. The fourth-order valence-electron chi connectivity index (χ4n) is 5.50. The maximum Gasteiger partial charge on any atom is 0.144 e. The second-order valence-corrected chi connectivity index (χ2v) is 9.28. The van der Waals surface area contributed by atoms with E-state index in [0.717, 1.165) is 39.8 Å². The van der Waals surface area contributed by atoms with Crippen molar-refractivity contribution in [3.63, 3.8) is 0 Å². The maximum absolute atomic E-state index is 13.5. The molecule has 0 amide bonds. The Morgan fingerprint density at radius 3 is 2.51 bits per heavy atom. The van der Waals surface area contributed by atoms with Gasteiger partial charge < -0.3 is 10.4 Å². The summed E-state index contributed by atoms with van der Waals surface area (Å²) < 4.78 is 13.5. The summed E-state index contributed by atoms with van der Waals surface area (Å²) in [5.41, 5.74) is 11.5. The number of rotatable bonds is 4. The molecule has 2 aromatic carbocycles. The Hall–Kier alpha value is -4.47. The van der Waals surface area contributed by atoms with Crippen LogP contribution in [0.5, 0.6) is 0 Å².